The van der Waals surface area contributed by atoms with E-state index in [0.717, 1.165) is 6.42 Å². The van der Waals surface area contributed by atoms with Gasteiger partial charge in [0.25, 0.3) is 0 Å². The summed E-state index contributed by atoms with van der Waals surface area (Å²) < 4.78 is 0. The molecule has 2 heteroatoms. The molecule has 0 aliphatic rings. The van der Waals surface area contributed by atoms with Crippen LogP contribution in [0.3, 0.4) is 0 Å². The maximum atomic E-state index is 11.5. The molecule has 0 aliphatic carbocycles. The third kappa shape index (κ3) is 3.02. The first-order valence-electron chi connectivity index (χ1n) is 4.20. The van der Waals surface area contributed by atoms with Gasteiger partial charge in [0.05, 0.1) is 6.04 Å². The zero-order valence-electron chi connectivity index (χ0n) is 8.22. The Bertz CT molecular complexity index is 132. The average Bonchev–Trinajstić information content (AvgIpc) is 2.00. The first-order valence-corrected chi connectivity index (χ1v) is 4.20. The highest BCUT2D eigenvalue weighted by atomic mass is 16.1. The Morgan fingerprint density at radius 2 is 1.82 bits per heavy atom. The summed E-state index contributed by atoms with van der Waals surface area (Å²) >= 11 is 0. The molecule has 0 N–H and O–H groups in total. The van der Waals surface area contributed by atoms with Gasteiger partial charge in [-0.15, -0.1) is 0 Å². The molecule has 0 rings (SSSR count). The first-order chi connectivity index (χ1) is 5.00. The van der Waals surface area contributed by atoms with Crippen LogP contribution in [0, 0.1) is 5.92 Å². The van der Waals surface area contributed by atoms with Crippen LogP contribution >= 0.6 is 0 Å². The topological polar surface area (TPSA) is 20.3 Å². The fourth-order valence-electron chi connectivity index (χ4n) is 0.867. The van der Waals surface area contributed by atoms with Crippen molar-refractivity contribution in [3.05, 3.63) is 0 Å². The molecule has 0 saturated heterocycles. The molecule has 0 spiro atoms. The molecular weight excluding hydrogens is 138 g/mol. The Labute approximate surface area is 69.6 Å². The Balaban J connectivity index is 4.02. The lowest BCUT2D eigenvalue weighted by molar-refractivity contribution is -0.126. The third-order valence-corrected chi connectivity index (χ3v) is 2.28. The molecule has 0 fully saturated rings. The van der Waals surface area contributed by atoms with E-state index in [1.54, 1.807) is 0 Å². The van der Waals surface area contributed by atoms with Crippen molar-refractivity contribution in [2.24, 2.45) is 5.92 Å². The second-order valence-electron chi connectivity index (χ2n) is 3.35. The van der Waals surface area contributed by atoms with E-state index in [1.165, 1.54) is 0 Å². The normalized spacial score (nSPS) is 16.5. The Hall–Kier alpha value is -0.370. The van der Waals surface area contributed by atoms with Crippen LogP contribution in [0.4, 0.5) is 0 Å². The summed E-state index contributed by atoms with van der Waals surface area (Å²) in [5, 5.41) is 0. The number of likely N-dealkylation sites (N-methyl/N-ethyl adjacent to an activating group) is 1. The molecule has 0 aliphatic heterocycles. The highest BCUT2D eigenvalue weighted by molar-refractivity contribution is 5.85. The van der Waals surface area contributed by atoms with E-state index in [2.05, 4.69) is 0 Å². The summed E-state index contributed by atoms with van der Waals surface area (Å²) in [6.45, 7) is 5.99. The lowest BCUT2D eigenvalue weighted by Gasteiger charge is -2.21. The predicted molar refractivity (Wildman–Crippen MR) is 47.6 cm³/mol. The Morgan fingerprint density at radius 3 is 2.09 bits per heavy atom. The monoisotopic (exact) mass is 157 g/mol. The minimum atomic E-state index is 0.0601. The molecule has 0 heterocycles. The molecule has 1 unspecified atom stereocenters. The second kappa shape index (κ2) is 4.50. The summed E-state index contributed by atoms with van der Waals surface area (Å²) in [7, 11) is 3.87. The van der Waals surface area contributed by atoms with Gasteiger partial charge in [-0.2, -0.15) is 0 Å². The maximum absolute atomic E-state index is 11.5. The SMILES string of the molecule is CCC(C)C(=O)[C@H](C)N(C)C. The maximum Gasteiger partial charge on any atom is 0.152 e. The third-order valence-electron chi connectivity index (χ3n) is 2.28. The Morgan fingerprint density at radius 1 is 1.36 bits per heavy atom. The van der Waals surface area contributed by atoms with E-state index in [4.69, 9.17) is 0 Å². The van der Waals surface area contributed by atoms with Gasteiger partial charge in [0.2, 0.25) is 0 Å². The fourth-order valence-corrected chi connectivity index (χ4v) is 0.867. The molecule has 0 amide bonds. The molecule has 66 valence electrons. The molecule has 2 nitrogen and oxygen atoms in total. The van der Waals surface area contributed by atoms with Crippen LogP contribution in [0.15, 0.2) is 0 Å². The highest BCUT2D eigenvalue weighted by Crippen LogP contribution is 2.07. The molecule has 0 aromatic carbocycles. The molecule has 0 aromatic heterocycles. The van der Waals surface area contributed by atoms with Crippen molar-refractivity contribution in [2.45, 2.75) is 33.2 Å². The van der Waals surface area contributed by atoms with Crippen LogP contribution in [0.2, 0.25) is 0 Å². The predicted octanol–water partition coefficient (Wildman–Crippen LogP) is 1.55. The summed E-state index contributed by atoms with van der Waals surface area (Å²) in [4.78, 5) is 13.4. The molecule has 2 atom stereocenters. The van der Waals surface area contributed by atoms with Gasteiger partial charge >= 0.3 is 0 Å². The van der Waals surface area contributed by atoms with E-state index in [-0.39, 0.29) is 12.0 Å². The van der Waals surface area contributed by atoms with Crippen LogP contribution in [0.5, 0.6) is 0 Å². The molecule has 0 radical (unpaired) electrons. The largest absolute Gasteiger partial charge is 0.300 e. The smallest absolute Gasteiger partial charge is 0.152 e. The van der Waals surface area contributed by atoms with Gasteiger partial charge in [-0.05, 0) is 27.4 Å². The van der Waals surface area contributed by atoms with Crippen LogP contribution in [0.1, 0.15) is 27.2 Å². The highest BCUT2D eigenvalue weighted by Gasteiger charge is 2.19. The summed E-state index contributed by atoms with van der Waals surface area (Å²) in [6.07, 6.45) is 0.941. The van der Waals surface area contributed by atoms with Gasteiger partial charge < -0.3 is 0 Å². The molecule has 0 bridgehead atoms. The zero-order chi connectivity index (χ0) is 9.02. The first kappa shape index (κ1) is 10.6. The van der Waals surface area contributed by atoms with Crippen molar-refractivity contribution in [3.8, 4) is 0 Å². The summed E-state index contributed by atoms with van der Waals surface area (Å²) in [6, 6.07) is 0.0601. The van der Waals surface area contributed by atoms with Crippen molar-refractivity contribution in [1.29, 1.82) is 0 Å². The number of hydrogen-bond donors (Lipinski definition) is 0. The number of nitrogens with zero attached hydrogens (tertiary/aromatic N) is 1. The van der Waals surface area contributed by atoms with E-state index >= 15 is 0 Å². The van der Waals surface area contributed by atoms with Crippen LogP contribution < -0.4 is 0 Å². The van der Waals surface area contributed by atoms with Gasteiger partial charge in [-0.1, -0.05) is 13.8 Å². The standard InChI is InChI=1S/C9H19NO/c1-6-7(2)9(11)8(3)10(4)5/h7-8H,6H2,1-5H3/t7?,8-/m0/s1. The van der Waals surface area contributed by atoms with E-state index in [9.17, 15) is 4.79 Å². The second-order valence-corrected chi connectivity index (χ2v) is 3.35. The van der Waals surface area contributed by atoms with E-state index in [1.807, 2.05) is 39.8 Å². The van der Waals surface area contributed by atoms with Gasteiger partial charge in [0.15, 0.2) is 5.78 Å². The van der Waals surface area contributed by atoms with Crippen molar-refractivity contribution in [3.63, 3.8) is 0 Å². The van der Waals surface area contributed by atoms with E-state index in [0.29, 0.717) is 5.78 Å². The van der Waals surface area contributed by atoms with Crippen molar-refractivity contribution in [1.82, 2.24) is 4.90 Å². The average molecular weight is 157 g/mol. The van der Waals surface area contributed by atoms with Crippen LogP contribution in [-0.4, -0.2) is 30.8 Å². The minimum absolute atomic E-state index is 0.0601. The number of hydrogen-bond acceptors (Lipinski definition) is 2. The quantitative estimate of drug-likeness (QED) is 0.617. The molecule has 0 saturated carbocycles. The van der Waals surface area contributed by atoms with Gasteiger partial charge in [-0.25, -0.2) is 0 Å². The number of Topliss-reactive ketones (excluding diaryl/α,β-unsaturated/α-hetero) is 1. The van der Waals surface area contributed by atoms with Crippen molar-refractivity contribution >= 4 is 5.78 Å². The van der Waals surface area contributed by atoms with Crippen LogP contribution in [-0.2, 0) is 4.79 Å². The Kier molecular flexibility index (Phi) is 4.34. The summed E-state index contributed by atoms with van der Waals surface area (Å²) in [5.74, 6) is 0.546. The van der Waals surface area contributed by atoms with E-state index < -0.39 is 0 Å². The van der Waals surface area contributed by atoms with Gasteiger partial charge in [0, 0.05) is 5.92 Å². The van der Waals surface area contributed by atoms with Gasteiger partial charge in [-0.3, -0.25) is 9.69 Å². The number of carbonyl (C=O) groups is 1. The van der Waals surface area contributed by atoms with Crippen LogP contribution in [0.25, 0.3) is 0 Å². The molecule has 0 aromatic rings. The lowest BCUT2D eigenvalue weighted by Crippen LogP contribution is -2.36. The number of ketones is 1. The lowest BCUT2D eigenvalue weighted by atomic mass is 9.98. The van der Waals surface area contributed by atoms with Crippen molar-refractivity contribution < 1.29 is 4.79 Å². The molecule has 11 heavy (non-hydrogen) atoms. The number of rotatable bonds is 4. The fraction of sp³-hybridized carbons (Fsp3) is 0.889. The van der Waals surface area contributed by atoms with Crippen molar-refractivity contribution in [2.75, 3.05) is 14.1 Å². The number of carbonyl (C=O) groups excluding carboxylic acids is 1. The minimum Gasteiger partial charge on any atom is -0.300 e. The molecular formula is C9H19NO. The van der Waals surface area contributed by atoms with Gasteiger partial charge in [0.1, 0.15) is 0 Å². The zero-order valence-corrected chi connectivity index (χ0v) is 8.22. The summed E-state index contributed by atoms with van der Waals surface area (Å²) in [5.41, 5.74) is 0.